The third-order valence-corrected chi connectivity index (χ3v) is 11.1. The summed E-state index contributed by atoms with van der Waals surface area (Å²) in [5.41, 5.74) is 15.7. The second-order valence-electron chi connectivity index (χ2n) is 12.8. The van der Waals surface area contributed by atoms with Crippen molar-refractivity contribution >= 4 is 33.4 Å². The molecule has 0 saturated carbocycles. The maximum atomic E-state index is 6.92. The van der Waals surface area contributed by atoms with E-state index in [1.807, 2.05) is 12.4 Å². The van der Waals surface area contributed by atoms with Crippen LogP contribution in [0.4, 0.5) is 11.4 Å². The standard InChI is InChI=1S/C39H21N6O/c1-3-11-26-22(8-1)23-9-2-4-12-27(23)39(26)28-15-16-32-37-35(28)44-34-25(20-40-21-29(34)39)33-38(44)43(19-17-41-33)45(37)36-24(10-7-14-31(36)46-32)30-13-5-6-18-42(30)45/h1-21H/q+3. The van der Waals surface area contributed by atoms with E-state index in [9.17, 15) is 0 Å². The summed E-state index contributed by atoms with van der Waals surface area (Å²) in [5, 5.41) is 1.05. The molecule has 4 aliphatic heterocycles. The van der Waals surface area contributed by atoms with E-state index in [2.05, 4.69) is 130 Å². The van der Waals surface area contributed by atoms with E-state index >= 15 is 0 Å². The average molecular weight is 590 g/mol. The van der Waals surface area contributed by atoms with Crippen molar-refractivity contribution in [2.45, 2.75) is 5.41 Å². The van der Waals surface area contributed by atoms with Gasteiger partial charge in [0.25, 0.3) is 11.4 Å². The number of fused-ring (bicyclic) bond motifs is 10. The fraction of sp³-hybridized carbons (Fsp3) is 0.0256. The number of rotatable bonds is 0. The van der Waals surface area contributed by atoms with Gasteiger partial charge < -0.3 is 4.74 Å². The fourth-order valence-corrected chi connectivity index (χ4v) is 9.74. The predicted molar refractivity (Wildman–Crippen MR) is 172 cm³/mol. The van der Waals surface area contributed by atoms with Crippen molar-refractivity contribution in [3.63, 3.8) is 0 Å². The van der Waals surface area contributed by atoms with Gasteiger partial charge in [-0.3, -0.25) is 4.98 Å². The summed E-state index contributed by atoms with van der Waals surface area (Å²) < 4.78 is 14.5. The second kappa shape index (κ2) is 6.88. The molecule has 5 aliphatic rings. The Bertz CT molecular complexity index is 2750. The first-order chi connectivity index (χ1) is 22.8. The number of aromatic nitrogens is 5. The summed E-state index contributed by atoms with van der Waals surface area (Å²) in [7, 11) is 0. The third-order valence-electron chi connectivity index (χ3n) is 11.1. The lowest BCUT2D eigenvalue weighted by atomic mass is 9.65. The van der Waals surface area contributed by atoms with E-state index in [4.69, 9.17) is 14.7 Å². The summed E-state index contributed by atoms with van der Waals surface area (Å²) in [6.45, 7) is 0. The SMILES string of the molecule is c1ccc2c(c1)-c1ccccc1C21c2ccc3c4c2-n2c5c1cncc5c1ncc[n+](c12)[N+]41c2c(cccc2-c2cccc[n+]21)O3. The molecule has 0 bridgehead atoms. The third kappa shape index (κ3) is 1.96. The quantitative estimate of drug-likeness (QED) is 0.145. The van der Waals surface area contributed by atoms with Gasteiger partial charge in [-0.15, -0.1) is 0 Å². The van der Waals surface area contributed by atoms with Gasteiger partial charge >= 0.3 is 11.3 Å². The number of hydrogen-bond donors (Lipinski definition) is 0. The Balaban J connectivity index is 1.37. The highest BCUT2D eigenvalue weighted by atomic mass is 16.5. The largest absolute Gasteiger partial charge is 0.444 e. The lowest BCUT2D eigenvalue weighted by Crippen LogP contribution is -2.84. The number of benzene rings is 4. The van der Waals surface area contributed by atoms with Crippen LogP contribution in [-0.2, 0) is 5.41 Å². The first-order valence-electron chi connectivity index (χ1n) is 15.6. The summed E-state index contributed by atoms with van der Waals surface area (Å²) in [6.07, 6.45) is 10.4. The van der Waals surface area contributed by atoms with Gasteiger partial charge in [-0.25, -0.2) is 4.98 Å². The first kappa shape index (κ1) is 22.3. The highest BCUT2D eigenvalue weighted by Crippen LogP contribution is 2.66. The normalized spacial score (nSPS) is 18.4. The Hall–Kier alpha value is -6.18. The summed E-state index contributed by atoms with van der Waals surface area (Å²) in [4.78, 5) is 10.0. The Morgan fingerprint density at radius 3 is 2.30 bits per heavy atom. The summed E-state index contributed by atoms with van der Waals surface area (Å²) in [6, 6.07) is 35.2. The van der Waals surface area contributed by atoms with Gasteiger partial charge in [0.15, 0.2) is 23.0 Å². The minimum atomic E-state index is -0.579. The van der Waals surface area contributed by atoms with Crippen LogP contribution < -0.4 is 18.8 Å². The molecule has 0 amide bonds. The van der Waals surface area contributed by atoms with Gasteiger partial charge in [-0.2, -0.15) is 4.57 Å². The van der Waals surface area contributed by atoms with Crippen LogP contribution in [0.15, 0.2) is 128 Å². The first-order valence-corrected chi connectivity index (χ1v) is 15.6. The molecule has 46 heavy (non-hydrogen) atoms. The molecule has 13 rings (SSSR count). The molecule has 2 spiro atoms. The average Bonchev–Trinajstić information content (AvgIpc) is 3.72. The molecule has 4 aromatic carbocycles. The van der Waals surface area contributed by atoms with Crippen LogP contribution in [0.3, 0.4) is 0 Å². The molecule has 1 unspecified atom stereocenters. The van der Waals surface area contributed by atoms with E-state index in [1.54, 1.807) is 0 Å². The Labute approximate surface area is 261 Å². The number of pyridine rings is 2. The molecular formula is C39H21N6O+3. The molecule has 210 valence electrons. The van der Waals surface area contributed by atoms with Crippen LogP contribution in [0.2, 0.25) is 0 Å². The second-order valence-corrected chi connectivity index (χ2v) is 12.8. The molecule has 7 nitrogen and oxygen atoms in total. The minimum Gasteiger partial charge on any atom is -0.444 e. The zero-order valence-electron chi connectivity index (χ0n) is 24.2. The molecule has 8 heterocycles. The van der Waals surface area contributed by atoms with Crippen LogP contribution >= 0.6 is 0 Å². The van der Waals surface area contributed by atoms with Crippen molar-refractivity contribution < 1.29 is 14.1 Å². The van der Waals surface area contributed by atoms with E-state index < -0.39 is 5.41 Å². The molecule has 1 atom stereocenters. The van der Waals surface area contributed by atoms with Crippen LogP contribution in [0.25, 0.3) is 50.1 Å². The number of ether oxygens (including phenoxy) is 1. The molecule has 8 aromatic rings. The van der Waals surface area contributed by atoms with Crippen LogP contribution in [0.5, 0.6) is 11.5 Å². The Morgan fingerprint density at radius 1 is 0.652 bits per heavy atom. The number of nitrogens with zero attached hydrogens (tertiary/aromatic N) is 6. The van der Waals surface area contributed by atoms with E-state index in [1.165, 1.54) is 33.4 Å². The highest BCUT2D eigenvalue weighted by Gasteiger charge is 2.71. The lowest BCUT2D eigenvalue weighted by Gasteiger charge is -2.39. The van der Waals surface area contributed by atoms with Crippen molar-refractivity contribution in [2.24, 2.45) is 0 Å². The van der Waals surface area contributed by atoms with Crippen molar-refractivity contribution in [1.82, 2.24) is 19.2 Å². The molecule has 0 radical (unpaired) electrons. The fourth-order valence-electron chi connectivity index (χ4n) is 9.74. The van der Waals surface area contributed by atoms with Crippen LogP contribution in [0, 0.1) is 0 Å². The minimum absolute atomic E-state index is 0.317. The topological polar surface area (TPSA) is 47.7 Å². The maximum Gasteiger partial charge on any atom is 0.371 e. The summed E-state index contributed by atoms with van der Waals surface area (Å²) >= 11 is 0. The van der Waals surface area contributed by atoms with E-state index in [-0.39, 0.29) is 0 Å². The van der Waals surface area contributed by atoms with Crippen LogP contribution in [0.1, 0.15) is 22.3 Å². The van der Waals surface area contributed by atoms with E-state index in [0.29, 0.717) is 4.70 Å². The zero-order chi connectivity index (χ0) is 29.5. The molecule has 0 saturated heterocycles. The van der Waals surface area contributed by atoms with Crippen molar-refractivity contribution in [2.75, 3.05) is 0 Å². The van der Waals surface area contributed by atoms with Gasteiger partial charge in [0.05, 0.1) is 17.0 Å². The number of quaternary nitrogens is 1. The molecule has 1 aliphatic carbocycles. The number of hydrogen-bond acceptors (Lipinski definition) is 3. The van der Waals surface area contributed by atoms with Crippen LogP contribution in [-0.4, -0.2) is 14.5 Å². The monoisotopic (exact) mass is 589 g/mol. The highest BCUT2D eigenvalue weighted by molar-refractivity contribution is 6.10. The van der Waals surface area contributed by atoms with Crippen molar-refractivity contribution in [3.8, 4) is 39.6 Å². The lowest BCUT2D eigenvalue weighted by molar-refractivity contribution is -1.02. The molecule has 0 N–H and O–H groups in total. The van der Waals surface area contributed by atoms with Gasteiger partial charge in [-0.05, 0) is 52.6 Å². The Kier molecular flexibility index (Phi) is 3.34. The zero-order valence-corrected chi connectivity index (χ0v) is 24.2. The molecule has 0 fully saturated rings. The van der Waals surface area contributed by atoms with Crippen molar-refractivity contribution in [1.29, 1.82) is 0 Å². The van der Waals surface area contributed by atoms with Gasteiger partial charge in [0.1, 0.15) is 10.3 Å². The van der Waals surface area contributed by atoms with Gasteiger partial charge in [0, 0.05) is 45.0 Å². The Morgan fingerprint density at radius 2 is 1.43 bits per heavy atom. The van der Waals surface area contributed by atoms with Crippen molar-refractivity contribution in [3.05, 3.63) is 150 Å². The molecule has 7 heteroatoms. The molecule has 4 aromatic heterocycles. The van der Waals surface area contributed by atoms with Gasteiger partial charge in [-0.1, -0.05) is 54.6 Å². The summed E-state index contributed by atoms with van der Waals surface area (Å²) in [5.74, 6) is 1.71. The number of para-hydroxylation sites is 1. The predicted octanol–water partition coefficient (Wildman–Crippen LogP) is 6.79. The maximum absolute atomic E-state index is 6.92. The van der Waals surface area contributed by atoms with E-state index in [0.717, 1.165) is 61.9 Å². The smallest absolute Gasteiger partial charge is 0.371 e. The molecular weight excluding hydrogens is 568 g/mol. The van der Waals surface area contributed by atoms with Gasteiger partial charge in [0.2, 0.25) is 17.6 Å².